The van der Waals surface area contributed by atoms with Gasteiger partial charge in [-0.05, 0) is 20.5 Å². The lowest BCUT2D eigenvalue weighted by Crippen LogP contribution is -2.34. The van der Waals surface area contributed by atoms with Crippen molar-refractivity contribution in [3.63, 3.8) is 0 Å². The average Bonchev–Trinajstić information content (AvgIpc) is 1.64. The molecule has 0 aromatic rings. The third-order valence-electron chi connectivity index (χ3n) is 1.30. The maximum absolute atomic E-state index is 10.3. The first-order valence-corrected chi connectivity index (χ1v) is 2.98. The molecule has 0 aliphatic heterocycles. The average molecular weight is 131 g/mol. The lowest BCUT2D eigenvalue weighted by atomic mass is 10.2. The molecular weight excluding hydrogens is 118 g/mol. The van der Waals surface area contributed by atoms with E-state index in [0.29, 0.717) is 6.42 Å². The molecule has 0 aliphatic carbocycles. The summed E-state index contributed by atoms with van der Waals surface area (Å²) in [7, 11) is 3.53. The first kappa shape index (κ1) is 8.43. The fourth-order valence-electron chi connectivity index (χ4n) is 0.761. The number of rotatable bonds is 3. The van der Waals surface area contributed by atoms with Crippen molar-refractivity contribution >= 4 is 5.97 Å². The molecule has 0 saturated heterocycles. The van der Waals surface area contributed by atoms with Crippen LogP contribution in [-0.2, 0) is 4.79 Å². The molecule has 0 rings (SSSR count). The number of likely N-dealkylation sites (N-methyl/N-ethyl adjacent to an activating group) is 1. The zero-order valence-electron chi connectivity index (χ0n) is 6.09. The lowest BCUT2D eigenvalue weighted by Gasteiger charge is -2.17. The van der Waals surface area contributed by atoms with Crippen molar-refractivity contribution < 1.29 is 9.90 Å². The minimum atomic E-state index is -0.748. The minimum absolute atomic E-state index is 0.329. The van der Waals surface area contributed by atoms with E-state index in [-0.39, 0.29) is 6.04 Å². The molecule has 9 heavy (non-hydrogen) atoms. The molecule has 0 bridgehead atoms. The van der Waals surface area contributed by atoms with Crippen LogP contribution in [0.25, 0.3) is 0 Å². The van der Waals surface area contributed by atoms with Crippen LogP contribution in [0.2, 0.25) is 0 Å². The van der Waals surface area contributed by atoms with Gasteiger partial charge in [0.1, 0.15) is 6.04 Å². The van der Waals surface area contributed by atoms with E-state index >= 15 is 0 Å². The number of carbonyl (C=O) groups is 1. The second-order valence-electron chi connectivity index (χ2n) is 2.23. The molecule has 1 N–H and O–H groups in total. The van der Waals surface area contributed by atoms with Crippen LogP contribution in [0.4, 0.5) is 0 Å². The molecule has 0 aromatic heterocycles. The number of carboxylic acid groups (broad SMARTS) is 1. The Bertz CT molecular complexity index is 101. The van der Waals surface area contributed by atoms with Crippen molar-refractivity contribution in [2.75, 3.05) is 14.1 Å². The Morgan fingerprint density at radius 2 is 2.11 bits per heavy atom. The summed E-state index contributed by atoms with van der Waals surface area (Å²) in [5.41, 5.74) is 0. The summed E-state index contributed by atoms with van der Waals surface area (Å²) in [6.45, 7) is 1.86. The van der Waals surface area contributed by atoms with Gasteiger partial charge in [0.15, 0.2) is 0 Å². The smallest absolute Gasteiger partial charge is 0.320 e. The Kier molecular flexibility index (Phi) is 3.24. The molecule has 1 atom stereocenters. The molecule has 0 heterocycles. The summed E-state index contributed by atoms with van der Waals surface area (Å²) in [6.07, 6.45) is 0.655. The van der Waals surface area contributed by atoms with Crippen LogP contribution in [0, 0.1) is 0 Å². The lowest BCUT2D eigenvalue weighted by molar-refractivity contribution is -0.142. The van der Waals surface area contributed by atoms with Crippen molar-refractivity contribution in [1.29, 1.82) is 0 Å². The number of aliphatic carboxylic acids is 1. The number of nitrogens with zero attached hydrogens (tertiary/aromatic N) is 1. The van der Waals surface area contributed by atoms with Gasteiger partial charge >= 0.3 is 5.97 Å². The predicted octanol–water partition coefficient (Wildman–Crippen LogP) is 0.411. The Morgan fingerprint density at radius 3 is 2.11 bits per heavy atom. The van der Waals surface area contributed by atoms with E-state index in [2.05, 4.69) is 0 Å². The fraction of sp³-hybridized carbons (Fsp3) is 0.833. The van der Waals surface area contributed by atoms with Crippen molar-refractivity contribution in [1.82, 2.24) is 4.90 Å². The molecule has 0 spiro atoms. The van der Waals surface area contributed by atoms with Crippen LogP contribution < -0.4 is 0 Å². The molecule has 54 valence electrons. The molecule has 0 aromatic carbocycles. The van der Waals surface area contributed by atoms with E-state index in [4.69, 9.17) is 5.11 Å². The van der Waals surface area contributed by atoms with Gasteiger partial charge in [0, 0.05) is 0 Å². The van der Waals surface area contributed by atoms with Crippen molar-refractivity contribution in [2.45, 2.75) is 19.4 Å². The van der Waals surface area contributed by atoms with E-state index in [9.17, 15) is 4.79 Å². The van der Waals surface area contributed by atoms with Gasteiger partial charge in [-0.2, -0.15) is 0 Å². The highest BCUT2D eigenvalue weighted by Crippen LogP contribution is 1.97. The second-order valence-corrected chi connectivity index (χ2v) is 2.23. The Hall–Kier alpha value is -0.570. The first-order valence-electron chi connectivity index (χ1n) is 2.98. The van der Waals surface area contributed by atoms with E-state index in [0.717, 1.165) is 0 Å². The summed E-state index contributed by atoms with van der Waals surface area (Å²) in [5.74, 6) is -0.748. The van der Waals surface area contributed by atoms with Gasteiger partial charge in [-0.1, -0.05) is 6.92 Å². The SMILES string of the molecule is CC[C@H](C(=O)O)N(C)C. The third-order valence-corrected chi connectivity index (χ3v) is 1.30. The Labute approximate surface area is 55.3 Å². The summed E-state index contributed by atoms with van der Waals surface area (Å²) in [6, 6.07) is -0.329. The van der Waals surface area contributed by atoms with E-state index in [1.165, 1.54) is 0 Å². The Morgan fingerprint density at radius 1 is 1.67 bits per heavy atom. The minimum Gasteiger partial charge on any atom is -0.480 e. The highest BCUT2D eigenvalue weighted by Gasteiger charge is 2.15. The molecular formula is C6H13NO2. The topological polar surface area (TPSA) is 40.5 Å². The first-order chi connectivity index (χ1) is 4.09. The second kappa shape index (κ2) is 3.45. The summed E-state index contributed by atoms with van der Waals surface area (Å²) in [5, 5.41) is 8.50. The van der Waals surface area contributed by atoms with Gasteiger partial charge in [0.05, 0.1) is 0 Å². The van der Waals surface area contributed by atoms with Crippen LogP contribution in [0.15, 0.2) is 0 Å². The number of hydrogen-bond acceptors (Lipinski definition) is 2. The molecule has 3 heteroatoms. The summed E-state index contributed by atoms with van der Waals surface area (Å²) < 4.78 is 0. The van der Waals surface area contributed by atoms with Crippen LogP contribution in [-0.4, -0.2) is 36.1 Å². The van der Waals surface area contributed by atoms with Gasteiger partial charge in [-0.15, -0.1) is 0 Å². The van der Waals surface area contributed by atoms with Gasteiger partial charge in [-0.3, -0.25) is 9.69 Å². The van der Waals surface area contributed by atoms with Crippen LogP contribution >= 0.6 is 0 Å². The van der Waals surface area contributed by atoms with Crippen molar-refractivity contribution in [3.05, 3.63) is 0 Å². The monoisotopic (exact) mass is 131 g/mol. The predicted molar refractivity (Wildman–Crippen MR) is 35.4 cm³/mol. The molecule has 0 amide bonds. The summed E-state index contributed by atoms with van der Waals surface area (Å²) in [4.78, 5) is 12.0. The van der Waals surface area contributed by atoms with E-state index < -0.39 is 5.97 Å². The van der Waals surface area contributed by atoms with Gasteiger partial charge in [-0.25, -0.2) is 0 Å². The normalized spacial score (nSPS) is 13.8. The maximum Gasteiger partial charge on any atom is 0.320 e. The third kappa shape index (κ3) is 2.46. The largest absolute Gasteiger partial charge is 0.480 e. The molecule has 0 unspecified atom stereocenters. The molecule has 3 nitrogen and oxygen atoms in total. The zero-order chi connectivity index (χ0) is 7.44. The van der Waals surface area contributed by atoms with Gasteiger partial charge < -0.3 is 5.11 Å². The van der Waals surface area contributed by atoms with E-state index in [1.54, 1.807) is 19.0 Å². The summed E-state index contributed by atoms with van der Waals surface area (Å²) >= 11 is 0. The van der Waals surface area contributed by atoms with Crippen molar-refractivity contribution in [3.8, 4) is 0 Å². The van der Waals surface area contributed by atoms with Crippen LogP contribution in [0.5, 0.6) is 0 Å². The molecule has 0 aliphatic rings. The standard InChI is InChI=1S/C6H13NO2/c1-4-5(6(8)9)7(2)3/h5H,4H2,1-3H3,(H,8,9)/t5-/m1/s1. The molecule has 0 saturated carbocycles. The van der Waals surface area contributed by atoms with Crippen molar-refractivity contribution in [2.24, 2.45) is 0 Å². The van der Waals surface area contributed by atoms with Gasteiger partial charge in [0.2, 0.25) is 0 Å². The quantitative estimate of drug-likeness (QED) is 0.603. The number of carboxylic acids is 1. The van der Waals surface area contributed by atoms with Crippen LogP contribution in [0.1, 0.15) is 13.3 Å². The highest BCUT2D eigenvalue weighted by molar-refractivity contribution is 5.73. The zero-order valence-corrected chi connectivity index (χ0v) is 6.09. The maximum atomic E-state index is 10.3. The van der Waals surface area contributed by atoms with Gasteiger partial charge in [0.25, 0.3) is 0 Å². The molecule has 0 radical (unpaired) electrons. The van der Waals surface area contributed by atoms with Crippen LogP contribution in [0.3, 0.4) is 0 Å². The highest BCUT2D eigenvalue weighted by atomic mass is 16.4. The van der Waals surface area contributed by atoms with E-state index in [1.807, 2.05) is 6.92 Å². The Balaban J connectivity index is 3.83. The molecule has 0 fully saturated rings. The fourth-order valence-corrected chi connectivity index (χ4v) is 0.761. The number of hydrogen-bond donors (Lipinski definition) is 1.